The van der Waals surface area contributed by atoms with E-state index in [0.717, 1.165) is 18.0 Å². The highest BCUT2D eigenvalue weighted by molar-refractivity contribution is 6.31. The molecule has 1 saturated heterocycles. The predicted molar refractivity (Wildman–Crippen MR) is 73.3 cm³/mol. The number of benzene rings is 1. The highest BCUT2D eigenvalue weighted by Crippen LogP contribution is 2.22. The van der Waals surface area contributed by atoms with Gasteiger partial charge >= 0.3 is 0 Å². The average molecular weight is 253 g/mol. The lowest BCUT2D eigenvalue weighted by Crippen LogP contribution is -2.19. The number of rotatable bonds is 4. The third-order valence-corrected chi connectivity index (χ3v) is 3.62. The van der Waals surface area contributed by atoms with Crippen LogP contribution < -0.4 is 5.73 Å². The van der Waals surface area contributed by atoms with Gasteiger partial charge in [0.25, 0.3) is 0 Å². The van der Waals surface area contributed by atoms with Crippen molar-refractivity contribution in [2.75, 3.05) is 13.1 Å². The second-order valence-electron chi connectivity index (χ2n) is 5.09. The molecule has 0 bridgehead atoms. The Kier molecular flexibility index (Phi) is 4.43. The summed E-state index contributed by atoms with van der Waals surface area (Å²) in [7, 11) is 0. The van der Waals surface area contributed by atoms with Crippen LogP contribution in [-0.4, -0.2) is 24.0 Å². The van der Waals surface area contributed by atoms with Crippen molar-refractivity contribution in [3.05, 3.63) is 34.3 Å². The van der Waals surface area contributed by atoms with Gasteiger partial charge in [-0.25, -0.2) is 0 Å². The summed E-state index contributed by atoms with van der Waals surface area (Å²) in [6, 6.07) is 6.56. The van der Waals surface area contributed by atoms with Crippen LogP contribution in [0.3, 0.4) is 0 Å². The molecule has 1 aliphatic rings. The van der Waals surface area contributed by atoms with Crippen molar-refractivity contribution >= 4 is 11.6 Å². The van der Waals surface area contributed by atoms with Crippen molar-refractivity contribution in [3.63, 3.8) is 0 Å². The SMILES string of the molecule is CC(N)Cc1ccc(CN2CCCC2)c(Cl)c1. The molecular formula is C14H21ClN2. The molecule has 0 aromatic heterocycles. The zero-order chi connectivity index (χ0) is 12.3. The van der Waals surface area contributed by atoms with Gasteiger partial charge in [0.15, 0.2) is 0 Å². The second-order valence-corrected chi connectivity index (χ2v) is 5.50. The number of hydrogen-bond donors (Lipinski definition) is 1. The van der Waals surface area contributed by atoms with E-state index in [-0.39, 0.29) is 6.04 Å². The molecule has 0 amide bonds. The summed E-state index contributed by atoms with van der Waals surface area (Å²) in [5.74, 6) is 0. The van der Waals surface area contributed by atoms with Crippen LogP contribution in [0, 0.1) is 0 Å². The molecule has 1 fully saturated rings. The van der Waals surface area contributed by atoms with Gasteiger partial charge in [-0.3, -0.25) is 4.90 Å². The molecule has 0 spiro atoms. The van der Waals surface area contributed by atoms with Crippen molar-refractivity contribution in [1.29, 1.82) is 0 Å². The fourth-order valence-corrected chi connectivity index (χ4v) is 2.66. The summed E-state index contributed by atoms with van der Waals surface area (Å²) in [5, 5.41) is 0.884. The fourth-order valence-electron chi connectivity index (χ4n) is 2.40. The van der Waals surface area contributed by atoms with Gasteiger partial charge in [-0.15, -0.1) is 0 Å². The lowest BCUT2D eigenvalue weighted by atomic mass is 10.1. The van der Waals surface area contributed by atoms with Crippen LogP contribution in [0.25, 0.3) is 0 Å². The first-order valence-electron chi connectivity index (χ1n) is 6.40. The quantitative estimate of drug-likeness (QED) is 0.893. The van der Waals surface area contributed by atoms with E-state index >= 15 is 0 Å². The van der Waals surface area contributed by atoms with Gasteiger partial charge in [0, 0.05) is 17.6 Å². The maximum atomic E-state index is 6.32. The van der Waals surface area contributed by atoms with Crippen molar-refractivity contribution in [2.24, 2.45) is 5.73 Å². The molecule has 2 rings (SSSR count). The smallest absolute Gasteiger partial charge is 0.0453 e. The zero-order valence-electron chi connectivity index (χ0n) is 10.5. The Labute approximate surface area is 109 Å². The molecule has 1 aromatic rings. The second kappa shape index (κ2) is 5.85. The molecule has 3 heteroatoms. The summed E-state index contributed by atoms with van der Waals surface area (Å²) < 4.78 is 0. The van der Waals surface area contributed by atoms with E-state index in [1.54, 1.807) is 0 Å². The normalized spacial score (nSPS) is 18.5. The Morgan fingerprint density at radius 3 is 2.65 bits per heavy atom. The van der Waals surface area contributed by atoms with Crippen molar-refractivity contribution in [2.45, 2.75) is 38.8 Å². The van der Waals surface area contributed by atoms with Gasteiger partial charge in [-0.05, 0) is 56.5 Å². The van der Waals surface area contributed by atoms with Gasteiger partial charge in [-0.1, -0.05) is 23.7 Å². The van der Waals surface area contributed by atoms with Gasteiger partial charge in [0.2, 0.25) is 0 Å². The summed E-state index contributed by atoms with van der Waals surface area (Å²) >= 11 is 6.32. The van der Waals surface area contributed by atoms with E-state index in [4.69, 9.17) is 17.3 Å². The maximum Gasteiger partial charge on any atom is 0.0453 e. The minimum atomic E-state index is 0.190. The molecular weight excluding hydrogens is 232 g/mol. The molecule has 1 heterocycles. The van der Waals surface area contributed by atoms with E-state index in [1.165, 1.54) is 37.1 Å². The Morgan fingerprint density at radius 1 is 1.35 bits per heavy atom. The first kappa shape index (κ1) is 12.9. The first-order chi connectivity index (χ1) is 8.15. The average Bonchev–Trinajstić information content (AvgIpc) is 2.74. The molecule has 1 aliphatic heterocycles. The van der Waals surface area contributed by atoms with E-state index in [0.29, 0.717) is 0 Å². The molecule has 0 radical (unpaired) electrons. The highest BCUT2D eigenvalue weighted by Gasteiger charge is 2.13. The van der Waals surface area contributed by atoms with Crippen molar-refractivity contribution in [1.82, 2.24) is 4.90 Å². The van der Waals surface area contributed by atoms with Crippen LogP contribution in [0.1, 0.15) is 30.9 Å². The van der Waals surface area contributed by atoms with Crippen LogP contribution in [0.5, 0.6) is 0 Å². The van der Waals surface area contributed by atoms with Gasteiger partial charge in [0.1, 0.15) is 0 Å². The minimum absolute atomic E-state index is 0.190. The van der Waals surface area contributed by atoms with Crippen LogP contribution in [0.4, 0.5) is 0 Å². The number of halogens is 1. The van der Waals surface area contributed by atoms with Gasteiger partial charge < -0.3 is 5.73 Å². The predicted octanol–water partition coefficient (Wildman–Crippen LogP) is 2.83. The number of nitrogens with zero attached hydrogens (tertiary/aromatic N) is 1. The van der Waals surface area contributed by atoms with Crippen LogP contribution >= 0.6 is 11.6 Å². The topological polar surface area (TPSA) is 29.3 Å². The number of hydrogen-bond acceptors (Lipinski definition) is 2. The lowest BCUT2D eigenvalue weighted by molar-refractivity contribution is 0.331. The van der Waals surface area contributed by atoms with Crippen LogP contribution in [0.15, 0.2) is 18.2 Å². The van der Waals surface area contributed by atoms with E-state index in [1.807, 2.05) is 6.92 Å². The first-order valence-corrected chi connectivity index (χ1v) is 6.78. The highest BCUT2D eigenvalue weighted by atomic mass is 35.5. The molecule has 1 aromatic carbocycles. The Balaban J connectivity index is 2.03. The van der Waals surface area contributed by atoms with Crippen LogP contribution in [0.2, 0.25) is 5.02 Å². The molecule has 1 atom stereocenters. The van der Waals surface area contributed by atoms with Crippen LogP contribution in [-0.2, 0) is 13.0 Å². The fraction of sp³-hybridized carbons (Fsp3) is 0.571. The monoisotopic (exact) mass is 252 g/mol. The molecule has 2 nitrogen and oxygen atoms in total. The third-order valence-electron chi connectivity index (χ3n) is 3.27. The van der Waals surface area contributed by atoms with E-state index in [9.17, 15) is 0 Å². The number of likely N-dealkylation sites (tertiary alicyclic amines) is 1. The molecule has 0 saturated carbocycles. The number of nitrogens with two attached hydrogens (primary N) is 1. The zero-order valence-corrected chi connectivity index (χ0v) is 11.2. The third kappa shape index (κ3) is 3.70. The maximum absolute atomic E-state index is 6.32. The largest absolute Gasteiger partial charge is 0.328 e. The standard InChI is InChI=1S/C14H21ClN2/c1-11(16)8-12-4-5-13(14(15)9-12)10-17-6-2-3-7-17/h4-5,9,11H,2-3,6-8,10,16H2,1H3. The summed E-state index contributed by atoms with van der Waals surface area (Å²) in [6.45, 7) is 5.42. The Hall–Kier alpha value is -0.570. The molecule has 94 valence electrons. The van der Waals surface area contributed by atoms with E-state index < -0.39 is 0 Å². The molecule has 0 aliphatic carbocycles. The molecule has 17 heavy (non-hydrogen) atoms. The summed E-state index contributed by atoms with van der Waals surface area (Å²) in [6.07, 6.45) is 3.53. The van der Waals surface area contributed by atoms with E-state index in [2.05, 4.69) is 23.1 Å². The van der Waals surface area contributed by atoms with Gasteiger partial charge in [0.05, 0.1) is 0 Å². The molecule has 2 N–H and O–H groups in total. The summed E-state index contributed by atoms with van der Waals surface area (Å²) in [5.41, 5.74) is 8.26. The van der Waals surface area contributed by atoms with Crippen molar-refractivity contribution in [3.8, 4) is 0 Å². The van der Waals surface area contributed by atoms with Gasteiger partial charge in [-0.2, -0.15) is 0 Å². The summed E-state index contributed by atoms with van der Waals surface area (Å²) in [4.78, 5) is 2.46. The lowest BCUT2D eigenvalue weighted by Gasteiger charge is -2.16. The van der Waals surface area contributed by atoms with Crippen molar-refractivity contribution < 1.29 is 0 Å². The Morgan fingerprint density at radius 2 is 2.06 bits per heavy atom. The minimum Gasteiger partial charge on any atom is -0.328 e. The molecule has 1 unspecified atom stereocenters. The Bertz CT molecular complexity index is 370.